The lowest BCUT2D eigenvalue weighted by molar-refractivity contribution is -0.113. The van der Waals surface area contributed by atoms with Gasteiger partial charge in [-0.2, -0.15) is 0 Å². The first-order chi connectivity index (χ1) is 13.0. The molecule has 0 radical (unpaired) electrons. The number of para-hydroxylation sites is 1. The lowest BCUT2D eigenvalue weighted by Crippen LogP contribution is -2.14. The zero-order valence-corrected chi connectivity index (χ0v) is 16.4. The molecule has 1 aromatic heterocycles. The summed E-state index contributed by atoms with van der Waals surface area (Å²) in [5, 5.41) is 11.5. The number of aromatic nitrogens is 2. The molecule has 0 fully saturated rings. The SMILES string of the molecule is Cc1ccc(NC(=O)CSc2nnc(COc3ccccc3Cl)o2)c(C)c1. The highest BCUT2D eigenvalue weighted by atomic mass is 35.5. The fourth-order valence-corrected chi connectivity index (χ4v) is 3.09. The second kappa shape index (κ2) is 8.92. The van der Waals surface area contributed by atoms with E-state index in [1.165, 1.54) is 11.8 Å². The molecule has 0 atom stereocenters. The molecule has 0 saturated heterocycles. The van der Waals surface area contributed by atoms with Crippen LogP contribution < -0.4 is 10.1 Å². The van der Waals surface area contributed by atoms with E-state index >= 15 is 0 Å². The van der Waals surface area contributed by atoms with E-state index in [0.717, 1.165) is 16.8 Å². The molecule has 1 heterocycles. The fraction of sp³-hybridized carbons (Fsp3) is 0.211. The van der Waals surface area contributed by atoms with E-state index in [4.69, 9.17) is 20.8 Å². The van der Waals surface area contributed by atoms with Crippen molar-refractivity contribution in [2.75, 3.05) is 11.1 Å². The molecule has 1 N–H and O–H groups in total. The van der Waals surface area contributed by atoms with Crippen LogP contribution in [0.2, 0.25) is 5.02 Å². The minimum Gasteiger partial charge on any atom is -0.482 e. The Morgan fingerprint density at radius 2 is 2.04 bits per heavy atom. The summed E-state index contributed by atoms with van der Waals surface area (Å²) in [6.45, 7) is 4.07. The number of thioether (sulfide) groups is 1. The first kappa shape index (κ1) is 19.3. The Hall–Kier alpha value is -2.51. The molecule has 1 amide bonds. The topological polar surface area (TPSA) is 77.2 Å². The number of rotatable bonds is 7. The number of halogens is 1. The zero-order chi connectivity index (χ0) is 19.2. The van der Waals surface area contributed by atoms with E-state index in [1.54, 1.807) is 12.1 Å². The molecule has 2 aromatic carbocycles. The van der Waals surface area contributed by atoms with Crippen molar-refractivity contribution >= 4 is 35.0 Å². The van der Waals surface area contributed by atoms with Crippen molar-refractivity contribution in [3.63, 3.8) is 0 Å². The normalized spacial score (nSPS) is 10.6. The maximum absolute atomic E-state index is 12.1. The van der Waals surface area contributed by atoms with E-state index in [1.807, 2.05) is 44.2 Å². The molecular weight excluding hydrogens is 386 g/mol. The van der Waals surface area contributed by atoms with Gasteiger partial charge in [0.1, 0.15) is 5.75 Å². The van der Waals surface area contributed by atoms with Crippen molar-refractivity contribution in [1.82, 2.24) is 10.2 Å². The van der Waals surface area contributed by atoms with E-state index in [-0.39, 0.29) is 18.3 Å². The predicted molar refractivity (Wildman–Crippen MR) is 105 cm³/mol. The second-order valence-corrected chi connectivity index (χ2v) is 7.17. The highest BCUT2D eigenvalue weighted by Gasteiger charge is 2.12. The fourth-order valence-electron chi connectivity index (χ4n) is 2.32. The highest BCUT2D eigenvalue weighted by Crippen LogP contribution is 2.24. The van der Waals surface area contributed by atoms with Crippen molar-refractivity contribution in [3.05, 3.63) is 64.5 Å². The van der Waals surface area contributed by atoms with Crippen LogP contribution in [0.3, 0.4) is 0 Å². The van der Waals surface area contributed by atoms with Gasteiger partial charge in [0.15, 0.2) is 6.61 Å². The predicted octanol–water partition coefficient (Wildman–Crippen LogP) is 4.65. The molecule has 140 valence electrons. The number of aryl methyl sites for hydroxylation is 2. The Balaban J connectivity index is 1.49. The summed E-state index contributed by atoms with van der Waals surface area (Å²) in [6, 6.07) is 13.0. The van der Waals surface area contributed by atoms with Crippen molar-refractivity contribution < 1.29 is 13.9 Å². The summed E-state index contributed by atoms with van der Waals surface area (Å²) in [5.41, 5.74) is 2.97. The van der Waals surface area contributed by atoms with Crippen LogP contribution in [0.15, 0.2) is 52.1 Å². The summed E-state index contributed by atoms with van der Waals surface area (Å²) in [6.07, 6.45) is 0. The minimum atomic E-state index is -0.140. The van der Waals surface area contributed by atoms with Gasteiger partial charge in [0.2, 0.25) is 5.91 Å². The lowest BCUT2D eigenvalue weighted by atomic mass is 10.1. The Bertz CT molecular complexity index is 945. The van der Waals surface area contributed by atoms with Gasteiger partial charge < -0.3 is 14.5 Å². The molecule has 0 bridgehead atoms. The molecule has 27 heavy (non-hydrogen) atoms. The first-order valence-corrected chi connectivity index (χ1v) is 9.57. The standard InChI is InChI=1S/C19H18ClN3O3S/c1-12-7-8-15(13(2)9-12)21-17(24)11-27-19-23-22-18(26-19)10-25-16-6-4-3-5-14(16)20/h3-9H,10-11H2,1-2H3,(H,21,24). The summed E-state index contributed by atoms with van der Waals surface area (Å²) >= 11 is 7.19. The number of hydrogen-bond donors (Lipinski definition) is 1. The van der Waals surface area contributed by atoms with Gasteiger partial charge in [0.05, 0.1) is 10.8 Å². The van der Waals surface area contributed by atoms with Gasteiger partial charge in [0.25, 0.3) is 11.1 Å². The molecule has 3 aromatic rings. The second-order valence-electron chi connectivity index (χ2n) is 5.84. The Kier molecular flexibility index (Phi) is 6.36. The molecule has 6 nitrogen and oxygen atoms in total. The van der Waals surface area contributed by atoms with E-state index in [0.29, 0.717) is 21.9 Å². The van der Waals surface area contributed by atoms with Crippen LogP contribution in [0.4, 0.5) is 5.69 Å². The van der Waals surface area contributed by atoms with Crippen LogP contribution in [0.1, 0.15) is 17.0 Å². The van der Waals surface area contributed by atoms with Gasteiger partial charge in [0, 0.05) is 5.69 Å². The zero-order valence-electron chi connectivity index (χ0n) is 14.9. The van der Waals surface area contributed by atoms with Crippen LogP contribution in [0, 0.1) is 13.8 Å². The van der Waals surface area contributed by atoms with Gasteiger partial charge in [-0.15, -0.1) is 10.2 Å². The number of benzene rings is 2. The summed E-state index contributed by atoms with van der Waals surface area (Å²) < 4.78 is 11.0. The molecule has 0 aliphatic heterocycles. The van der Waals surface area contributed by atoms with Crippen molar-refractivity contribution in [1.29, 1.82) is 0 Å². The molecule has 0 unspecified atom stereocenters. The number of anilines is 1. The summed E-state index contributed by atoms with van der Waals surface area (Å²) in [5.74, 6) is 0.881. The average molecular weight is 404 g/mol. The summed E-state index contributed by atoms with van der Waals surface area (Å²) in [4.78, 5) is 12.1. The maximum Gasteiger partial charge on any atom is 0.277 e. The van der Waals surface area contributed by atoms with Crippen LogP contribution in [-0.4, -0.2) is 21.9 Å². The lowest BCUT2D eigenvalue weighted by Gasteiger charge is -2.08. The highest BCUT2D eigenvalue weighted by molar-refractivity contribution is 7.99. The van der Waals surface area contributed by atoms with Crippen molar-refractivity contribution in [2.45, 2.75) is 25.7 Å². The Labute approximate surface area is 166 Å². The number of carbonyl (C=O) groups excluding carboxylic acids is 1. The third-order valence-electron chi connectivity index (χ3n) is 3.62. The number of ether oxygens (including phenoxy) is 1. The molecule has 0 spiro atoms. The average Bonchev–Trinajstić information content (AvgIpc) is 3.10. The van der Waals surface area contributed by atoms with Crippen LogP contribution in [0.25, 0.3) is 0 Å². The van der Waals surface area contributed by atoms with Crippen LogP contribution in [0.5, 0.6) is 5.75 Å². The smallest absolute Gasteiger partial charge is 0.277 e. The number of hydrogen-bond acceptors (Lipinski definition) is 6. The molecule has 0 aliphatic carbocycles. The monoisotopic (exact) mass is 403 g/mol. The Morgan fingerprint density at radius 1 is 1.22 bits per heavy atom. The maximum atomic E-state index is 12.1. The van der Waals surface area contributed by atoms with Gasteiger partial charge in [-0.1, -0.05) is 53.2 Å². The van der Waals surface area contributed by atoms with Gasteiger partial charge in [-0.25, -0.2) is 0 Å². The molecular formula is C19H18ClN3O3S. The third-order valence-corrected chi connectivity index (χ3v) is 4.75. The number of nitrogens with one attached hydrogen (secondary N) is 1. The Morgan fingerprint density at radius 3 is 2.81 bits per heavy atom. The van der Waals surface area contributed by atoms with Gasteiger partial charge in [-0.05, 0) is 37.6 Å². The third kappa shape index (κ3) is 5.48. The van der Waals surface area contributed by atoms with Gasteiger partial charge in [-0.3, -0.25) is 4.79 Å². The molecule has 8 heteroatoms. The number of carbonyl (C=O) groups is 1. The van der Waals surface area contributed by atoms with Crippen molar-refractivity contribution in [2.24, 2.45) is 0 Å². The van der Waals surface area contributed by atoms with Crippen LogP contribution in [-0.2, 0) is 11.4 Å². The molecule has 0 aliphatic rings. The number of nitrogens with zero attached hydrogens (tertiary/aromatic N) is 2. The molecule has 0 saturated carbocycles. The largest absolute Gasteiger partial charge is 0.482 e. The van der Waals surface area contributed by atoms with Crippen molar-refractivity contribution in [3.8, 4) is 5.75 Å². The minimum absolute atomic E-state index is 0.103. The van der Waals surface area contributed by atoms with E-state index in [9.17, 15) is 4.79 Å². The molecule has 3 rings (SSSR count). The number of amides is 1. The van der Waals surface area contributed by atoms with E-state index in [2.05, 4.69) is 15.5 Å². The summed E-state index contributed by atoms with van der Waals surface area (Å²) in [7, 11) is 0. The first-order valence-electron chi connectivity index (χ1n) is 8.21. The van der Waals surface area contributed by atoms with E-state index < -0.39 is 0 Å². The van der Waals surface area contributed by atoms with Crippen LogP contribution >= 0.6 is 23.4 Å². The quantitative estimate of drug-likeness (QED) is 0.578. The van der Waals surface area contributed by atoms with Gasteiger partial charge >= 0.3 is 0 Å².